The number of amides is 1. The Kier molecular flexibility index (Phi) is 5.64. The monoisotopic (exact) mass is 303 g/mol. The number of benzene rings is 2. The predicted octanol–water partition coefficient (Wildman–Crippen LogP) is 3.66. The summed E-state index contributed by atoms with van der Waals surface area (Å²) in [6.45, 7) is 0. The lowest BCUT2D eigenvalue weighted by atomic mass is 10.1. The molecule has 2 aromatic carbocycles. The smallest absolute Gasteiger partial charge is 0.228 e. The SMILES string of the molecule is COc1ccccc1CC(=O)Nc1ccc(CCCl)cc1. The van der Waals surface area contributed by atoms with Crippen LogP contribution in [0.1, 0.15) is 11.1 Å². The third kappa shape index (κ3) is 4.50. The molecule has 0 fully saturated rings. The summed E-state index contributed by atoms with van der Waals surface area (Å²) >= 11 is 5.70. The summed E-state index contributed by atoms with van der Waals surface area (Å²) in [6, 6.07) is 15.2. The van der Waals surface area contributed by atoms with Gasteiger partial charge in [0.1, 0.15) is 5.75 Å². The maximum atomic E-state index is 12.1. The van der Waals surface area contributed by atoms with Crippen LogP contribution in [0.15, 0.2) is 48.5 Å². The lowest BCUT2D eigenvalue weighted by molar-refractivity contribution is -0.115. The fraction of sp³-hybridized carbons (Fsp3) is 0.235. The number of rotatable bonds is 6. The Morgan fingerprint density at radius 2 is 1.86 bits per heavy atom. The second-order valence-corrected chi connectivity index (χ2v) is 5.05. The summed E-state index contributed by atoms with van der Waals surface area (Å²) in [4.78, 5) is 12.1. The minimum Gasteiger partial charge on any atom is -0.496 e. The molecule has 2 rings (SSSR count). The summed E-state index contributed by atoms with van der Waals surface area (Å²) in [5, 5.41) is 2.88. The van der Waals surface area contributed by atoms with Gasteiger partial charge in [-0.1, -0.05) is 30.3 Å². The molecule has 0 unspecified atom stereocenters. The number of alkyl halides is 1. The van der Waals surface area contributed by atoms with E-state index in [0.717, 1.165) is 29.0 Å². The number of para-hydroxylation sites is 1. The number of anilines is 1. The highest BCUT2D eigenvalue weighted by Crippen LogP contribution is 2.18. The summed E-state index contributed by atoms with van der Waals surface area (Å²) in [5.74, 6) is 1.26. The maximum absolute atomic E-state index is 12.1. The number of methoxy groups -OCH3 is 1. The fourth-order valence-corrected chi connectivity index (χ4v) is 2.31. The molecular weight excluding hydrogens is 286 g/mol. The summed E-state index contributed by atoms with van der Waals surface area (Å²) < 4.78 is 5.25. The van der Waals surface area contributed by atoms with Gasteiger partial charge in [-0.15, -0.1) is 11.6 Å². The molecular formula is C17H18ClNO2. The quantitative estimate of drug-likeness (QED) is 0.827. The minimum absolute atomic E-state index is 0.0652. The van der Waals surface area contributed by atoms with E-state index in [4.69, 9.17) is 16.3 Å². The van der Waals surface area contributed by atoms with Gasteiger partial charge in [-0.25, -0.2) is 0 Å². The molecule has 0 saturated heterocycles. The zero-order valence-corrected chi connectivity index (χ0v) is 12.7. The first-order valence-electron chi connectivity index (χ1n) is 6.79. The molecule has 21 heavy (non-hydrogen) atoms. The Balaban J connectivity index is 1.98. The first kappa shape index (κ1) is 15.4. The number of aryl methyl sites for hydroxylation is 1. The molecule has 0 aromatic heterocycles. The van der Waals surface area contributed by atoms with Crippen molar-refractivity contribution < 1.29 is 9.53 Å². The van der Waals surface area contributed by atoms with Gasteiger partial charge in [0, 0.05) is 17.1 Å². The molecule has 1 N–H and O–H groups in total. The van der Waals surface area contributed by atoms with Crippen LogP contribution >= 0.6 is 11.6 Å². The Labute approximate surface area is 129 Å². The van der Waals surface area contributed by atoms with Crippen molar-refractivity contribution >= 4 is 23.2 Å². The Bertz CT molecular complexity index is 596. The van der Waals surface area contributed by atoms with Crippen LogP contribution in [-0.2, 0) is 17.6 Å². The highest BCUT2D eigenvalue weighted by molar-refractivity contribution is 6.18. The van der Waals surface area contributed by atoms with Gasteiger partial charge in [0.25, 0.3) is 0 Å². The van der Waals surface area contributed by atoms with Crippen LogP contribution in [0.5, 0.6) is 5.75 Å². The van der Waals surface area contributed by atoms with Gasteiger partial charge in [-0.05, 0) is 30.2 Å². The van der Waals surface area contributed by atoms with E-state index in [1.165, 1.54) is 0 Å². The molecule has 4 heteroatoms. The van der Waals surface area contributed by atoms with E-state index in [2.05, 4.69) is 5.32 Å². The molecule has 0 aliphatic heterocycles. The number of halogens is 1. The molecule has 0 spiro atoms. The molecule has 110 valence electrons. The number of ether oxygens (including phenoxy) is 1. The van der Waals surface area contributed by atoms with Crippen molar-refractivity contribution in [3.63, 3.8) is 0 Å². The van der Waals surface area contributed by atoms with Gasteiger partial charge in [-0.2, -0.15) is 0 Å². The summed E-state index contributed by atoms with van der Waals surface area (Å²) in [7, 11) is 1.60. The third-order valence-corrected chi connectivity index (χ3v) is 3.35. The number of carbonyl (C=O) groups excluding carboxylic acids is 1. The minimum atomic E-state index is -0.0652. The van der Waals surface area contributed by atoms with Gasteiger partial charge in [0.05, 0.1) is 13.5 Å². The van der Waals surface area contributed by atoms with Crippen molar-refractivity contribution in [3.05, 3.63) is 59.7 Å². The molecule has 2 aromatic rings. The third-order valence-electron chi connectivity index (χ3n) is 3.16. The van der Waals surface area contributed by atoms with Gasteiger partial charge < -0.3 is 10.1 Å². The summed E-state index contributed by atoms with van der Waals surface area (Å²) in [5.41, 5.74) is 2.82. The van der Waals surface area contributed by atoms with Gasteiger partial charge >= 0.3 is 0 Å². The van der Waals surface area contributed by atoms with Crippen molar-refractivity contribution in [3.8, 4) is 5.75 Å². The Hall–Kier alpha value is -2.00. The van der Waals surface area contributed by atoms with Gasteiger partial charge in [0.2, 0.25) is 5.91 Å². The van der Waals surface area contributed by atoms with Crippen molar-refractivity contribution in [1.29, 1.82) is 0 Å². The first-order chi connectivity index (χ1) is 10.2. The number of hydrogen-bond donors (Lipinski definition) is 1. The topological polar surface area (TPSA) is 38.3 Å². The van der Waals surface area contributed by atoms with Crippen LogP contribution in [-0.4, -0.2) is 18.9 Å². The molecule has 3 nitrogen and oxygen atoms in total. The zero-order chi connectivity index (χ0) is 15.1. The molecule has 0 heterocycles. The fourth-order valence-electron chi connectivity index (χ4n) is 2.09. The number of hydrogen-bond acceptors (Lipinski definition) is 2. The molecule has 0 aliphatic rings. The highest BCUT2D eigenvalue weighted by Gasteiger charge is 2.08. The van der Waals surface area contributed by atoms with E-state index in [1.54, 1.807) is 7.11 Å². The Morgan fingerprint density at radius 1 is 1.14 bits per heavy atom. The van der Waals surface area contributed by atoms with Gasteiger partial charge in [-0.3, -0.25) is 4.79 Å². The van der Waals surface area contributed by atoms with Crippen LogP contribution in [0.4, 0.5) is 5.69 Å². The average Bonchev–Trinajstić information content (AvgIpc) is 2.50. The first-order valence-corrected chi connectivity index (χ1v) is 7.33. The molecule has 0 bridgehead atoms. The van der Waals surface area contributed by atoms with E-state index >= 15 is 0 Å². The van der Waals surface area contributed by atoms with Crippen LogP contribution < -0.4 is 10.1 Å². The summed E-state index contributed by atoms with van der Waals surface area (Å²) in [6.07, 6.45) is 1.12. The van der Waals surface area contributed by atoms with Crippen LogP contribution in [0.25, 0.3) is 0 Å². The predicted molar refractivity (Wildman–Crippen MR) is 86.2 cm³/mol. The largest absolute Gasteiger partial charge is 0.496 e. The number of nitrogens with one attached hydrogen (secondary N) is 1. The lowest BCUT2D eigenvalue weighted by Crippen LogP contribution is -2.14. The van der Waals surface area contributed by atoms with Crippen molar-refractivity contribution in [1.82, 2.24) is 0 Å². The van der Waals surface area contributed by atoms with E-state index in [1.807, 2.05) is 48.5 Å². The molecule has 0 aliphatic carbocycles. The Morgan fingerprint density at radius 3 is 2.52 bits per heavy atom. The van der Waals surface area contributed by atoms with E-state index < -0.39 is 0 Å². The second-order valence-electron chi connectivity index (χ2n) is 4.67. The zero-order valence-electron chi connectivity index (χ0n) is 11.9. The maximum Gasteiger partial charge on any atom is 0.228 e. The van der Waals surface area contributed by atoms with Crippen LogP contribution in [0.3, 0.4) is 0 Å². The van der Waals surface area contributed by atoms with Crippen LogP contribution in [0.2, 0.25) is 0 Å². The number of carbonyl (C=O) groups is 1. The highest BCUT2D eigenvalue weighted by atomic mass is 35.5. The lowest BCUT2D eigenvalue weighted by Gasteiger charge is -2.09. The average molecular weight is 304 g/mol. The standard InChI is InChI=1S/C17H18ClNO2/c1-21-16-5-3-2-4-14(16)12-17(20)19-15-8-6-13(7-9-15)10-11-18/h2-9H,10-12H2,1H3,(H,19,20). The molecule has 0 atom stereocenters. The van der Waals surface area contributed by atoms with Crippen molar-refractivity contribution in [2.75, 3.05) is 18.3 Å². The van der Waals surface area contributed by atoms with Crippen LogP contribution in [0, 0.1) is 0 Å². The van der Waals surface area contributed by atoms with E-state index in [-0.39, 0.29) is 12.3 Å². The second kappa shape index (κ2) is 7.70. The molecule has 1 amide bonds. The van der Waals surface area contributed by atoms with Crippen molar-refractivity contribution in [2.45, 2.75) is 12.8 Å². The van der Waals surface area contributed by atoms with E-state index in [9.17, 15) is 4.79 Å². The molecule has 0 saturated carbocycles. The van der Waals surface area contributed by atoms with E-state index in [0.29, 0.717) is 5.88 Å². The van der Waals surface area contributed by atoms with Crippen molar-refractivity contribution in [2.24, 2.45) is 0 Å². The molecule has 0 radical (unpaired) electrons. The normalized spacial score (nSPS) is 10.2. The van der Waals surface area contributed by atoms with Gasteiger partial charge in [0.15, 0.2) is 0 Å².